The molecule has 1 aliphatic heterocycles. The Morgan fingerprint density at radius 3 is 2.29 bits per heavy atom. The van der Waals surface area contributed by atoms with Crippen molar-refractivity contribution in [3.8, 4) is 11.5 Å². The molecule has 1 aliphatic rings. The predicted octanol–water partition coefficient (Wildman–Crippen LogP) is 1.78. The standard InChI is InChI=1S/C21H37N5O2/c1-21(2,3)24-10-9-23-20(22-4)26-13-11-25(12-14-26)16-17-7-8-18(27-5)19(15-17)28-6/h7-8,15,24H,9-14,16H2,1-6H3,(H,22,23). The SMILES string of the molecule is CN=C(NCCNC(C)(C)C)N1CCN(Cc2ccc(OC)c(OC)c2)CC1. The van der Waals surface area contributed by atoms with Crippen LogP contribution in [0.3, 0.4) is 0 Å². The number of guanidine groups is 1. The Morgan fingerprint density at radius 2 is 1.71 bits per heavy atom. The van der Waals surface area contributed by atoms with Gasteiger partial charge in [0.2, 0.25) is 0 Å². The van der Waals surface area contributed by atoms with E-state index in [4.69, 9.17) is 9.47 Å². The fourth-order valence-corrected chi connectivity index (χ4v) is 3.30. The molecule has 0 spiro atoms. The summed E-state index contributed by atoms with van der Waals surface area (Å²) >= 11 is 0. The Morgan fingerprint density at radius 1 is 1.04 bits per heavy atom. The van der Waals surface area contributed by atoms with E-state index in [1.807, 2.05) is 13.1 Å². The molecule has 0 unspecified atom stereocenters. The molecular weight excluding hydrogens is 354 g/mol. The quantitative estimate of drug-likeness (QED) is 0.420. The van der Waals surface area contributed by atoms with Gasteiger partial charge in [-0.2, -0.15) is 0 Å². The molecule has 7 heteroatoms. The molecule has 1 aromatic carbocycles. The van der Waals surface area contributed by atoms with Crippen LogP contribution in [0.25, 0.3) is 0 Å². The van der Waals surface area contributed by atoms with Crippen molar-refractivity contribution < 1.29 is 9.47 Å². The van der Waals surface area contributed by atoms with Gasteiger partial charge in [-0.15, -0.1) is 0 Å². The first-order valence-corrected chi connectivity index (χ1v) is 10.00. The Balaban J connectivity index is 1.80. The Labute approximate surface area is 170 Å². The van der Waals surface area contributed by atoms with Crippen molar-refractivity contribution in [2.24, 2.45) is 4.99 Å². The smallest absolute Gasteiger partial charge is 0.193 e. The van der Waals surface area contributed by atoms with Gasteiger partial charge >= 0.3 is 0 Å². The third-order valence-electron chi connectivity index (χ3n) is 4.80. The number of benzene rings is 1. The fraction of sp³-hybridized carbons (Fsp3) is 0.667. The number of hydrogen-bond acceptors (Lipinski definition) is 5. The van der Waals surface area contributed by atoms with Crippen molar-refractivity contribution in [1.82, 2.24) is 20.4 Å². The lowest BCUT2D eigenvalue weighted by Crippen LogP contribution is -2.53. The Hall–Kier alpha value is -1.99. The van der Waals surface area contributed by atoms with Crippen molar-refractivity contribution in [2.75, 3.05) is 60.5 Å². The molecule has 28 heavy (non-hydrogen) atoms. The van der Waals surface area contributed by atoms with Gasteiger partial charge in [-0.05, 0) is 38.5 Å². The summed E-state index contributed by atoms with van der Waals surface area (Å²) < 4.78 is 10.7. The summed E-state index contributed by atoms with van der Waals surface area (Å²) in [6, 6.07) is 6.14. The lowest BCUT2D eigenvalue weighted by Gasteiger charge is -2.36. The topological polar surface area (TPSA) is 61.4 Å². The molecule has 0 atom stereocenters. The molecule has 0 bridgehead atoms. The van der Waals surface area contributed by atoms with Crippen LogP contribution in [0.4, 0.5) is 0 Å². The van der Waals surface area contributed by atoms with E-state index in [9.17, 15) is 0 Å². The number of methoxy groups -OCH3 is 2. The first-order valence-electron chi connectivity index (χ1n) is 10.00. The molecule has 0 aromatic heterocycles. The first kappa shape index (κ1) is 22.3. The predicted molar refractivity (Wildman–Crippen MR) is 116 cm³/mol. The molecule has 1 fully saturated rings. The Kier molecular flexibility index (Phi) is 8.38. The van der Waals surface area contributed by atoms with Crippen LogP contribution in [-0.2, 0) is 6.54 Å². The summed E-state index contributed by atoms with van der Waals surface area (Å²) in [7, 11) is 5.20. The minimum Gasteiger partial charge on any atom is -0.493 e. The molecule has 2 N–H and O–H groups in total. The summed E-state index contributed by atoms with van der Waals surface area (Å²) in [5.41, 5.74) is 1.38. The van der Waals surface area contributed by atoms with Crippen LogP contribution in [-0.4, -0.2) is 81.8 Å². The van der Waals surface area contributed by atoms with Crippen LogP contribution in [0.1, 0.15) is 26.3 Å². The van der Waals surface area contributed by atoms with Crippen LogP contribution < -0.4 is 20.1 Å². The summed E-state index contributed by atoms with van der Waals surface area (Å²) in [5, 5.41) is 6.96. The van der Waals surface area contributed by atoms with Crippen molar-refractivity contribution in [1.29, 1.82) is 0 Å². The molecule has 1 aromatic rings. The molecule has 0 saturated carbocycles. The zero-order valence-corrected chi connectivity index (χ0v) is 18.3. The molecular formula is C21H37N5O2. The summed E-state index contributed by atoms with van der Waals surface area (Å²) in [6.07, 6.45) is 0. The van der Waals surface area contributed by atoms with Gasteiger partial charge in [0.25, 0.3) is 0 Å². The highest BCUT2D eigenvalue weighted by molar-refractivity contribution is 5.80. The van der Waals surface area contributed by atoms with Crippen molar-refractivity contribution >= 4 is 5.96 Å². The van der Waals surface area contributed by atoms with Crippen LogP contribution >= 0.6 is 0 Å². The maximum atomic E-state index is 5.42. The molecule has 158 valence electrons. The number of aliphatic imine (C=N–C) groups is 1. The van der Waals surface area contributed by atoms with Crippen molar-refractivity contribution in [2.45, 2.75) is 32.9 Å². The highest BCUT2D eigenvalue weighted by Crippen LogP contribution is 2.28. The number of piperazine rings is 1. The van der Waals surface area contributed by atoms with E-state index in [-0.39, 0.29) is 5.54 Å². The number of rotatable bonds is 7. The molecule has 1 saturated heterocycles. The number of nitrogens with zero attached hydrogens (tertiary/aromatic N) is 3. The molecule has 0 radical (unpaired) electrons. The second kappa shape index (κ2) is 10.5. The second-order valence-electron chi connectivity index (χ2n) is 8.10. The average Bonchev–Trinajstić information content (AvgIpc) is 2.68. The monoisotopic (exact) mass is 391 g/mol. The third-order valence-corrected chi connectivity index (χ3v) is 4.80. The van der Waals surface area contributed by atoms with Gasteiger partial charge < -0.3 is 25.0 Å². The van der Waals surface area contributed by atoms with Gasteiger partial charge in [-0.1, -0.05) is 6.07 Å². The van der Waals surface area contributed by atoms with Gasteiger partial charge in [-0.25, -0.2) is 0 Å². The highest BCUT2D eigenvalue weighted by Gasteiger charge is 2.20. The van der Waals surface area contributed by atoms with E-state index in [1.165, 1.54) is 5.56 Å². The van der Waals surface area contributed by atoms with E-state index >= 15 is 0 Å². The zero-order chi connectivity index (χ0) is 20.6. The Bertz CT molecular complexity index is 634. The zero-order valence-electron chi connectivity index (χ0n) is 18.3. The average molecular weight is 392 g/mol. The van der Waals surface area contributed by atoms with Gasteiger partial charge in [0.15, 0.2) is 17.5 Å². The number of hydrogen-bond donors (Lipinski definition) is 2. The normalized spacial score (nSPS) is 16.2. The summed E-state index contributed by atoms with van der Waals surface area (Å²) in [6.45, 7) is 13.2. The second-order valence-corrected chi connectivity index (χ2v) is 8.10. The number of nitrogens with one attached hydrogen (secondary N) is 2. The molecule has 0 amide bonds. The van der Waals surface area contributed by atoms with Crippen molar-refractivity contribution in [3.05, 3.63) is 23.8 Å². The minimum atomic E-state index is 0.140. The van der Waals surface area contributed by atoms with Crippen LogP contribution in [0.5, 0.6) is 11.5 Å². The van der Waals surface area contributed by atoms with Gasteiger partial charge in [0, 0.05) is 58.4 Å². The lowest BCUT2D eigenvalue weighted by atomic mass is 10.1. The summed E-state index contributed by atoms with van der Waals surface area (Å²) in [4.78, 5) is 9.25. The van der Waals surface area contributed by atoms with E-state index in [0.717, 1.165) is 63.3 Å². The lowest BCUT2D eigenvalue weighted by molar-refractivity contribution is 0.172. The number of ether oxygens (including phenoxy) is 2. The van der Waals surface area contributed by atoms with E-state index in [0.29, 0.717) is 0 Å². The summed E-state index contributed by atoms with van der Waals surface area (Å²) in [5.74, 6) is 2.54. The van der Waals surface area contributed by atoms with Crippen molar-refractivity contribution in [3.63, 3.8) is 0 Å². The maximum absolute atomic E-state index is 5.42. The van der Waals surface area contributed by atoms with E-state index < -0.39 is 0 Å². The highest BCUT2D eigenvalue weighted by atomic mass is 16.5. The third kappa shape index (κ3) is 6.87. The van der Waals surface area contributed by atoms with Crippen LogP contribution in [0, 0.1) is 0 Å². The maximum Gasteiger partial charge on any atom is 0.193 e. The van der Waals surface area contributed by atoms with E-state index in [2.05, 4.69) is 58.3 Å². The molecule has 1 heterocycles. The molecule has 0 aliphatic carbocycles. The first-order chi connectivity index (χ1) is 13.4. The fourth-order valence-electron chi connectivity index (χ4n) is 3.30. The minimum absolute atomic E-state index is 0.140. The van der Waals surface area contributed by atoms with Crippen LogP contribution in [0.15, 0.2) is 23.2 Å². The van der Waals surface area contributed by atoms with Gasteiger partial charge in [0.1, 0.15) is 0 Å². The van der Waals surface area contributed by atoms with E-state index in [1.54, 1.807) is 14.2 Å². The largest absolute Gasteiger partial charge is 0.493 e. The van der Waals surface area contributed by atoms with Gasteiger partial charge in [-0.3, -0.25) is 9.89 Å². The van der Waals surface area contributed by atoms with Crippen LogP contribution in [0.2, 0.25) is 0 Å². The molecule has 7 nitrogen and oxygen atoms in total. The van der Waals surface area contributed by atoms with Gasteiger partial charge in [0.05, 0.1) is 14.2 Å². The molecule has 2 rings (SSSR count).